The van der Waals surface area contributed by atoms with E-state index in [4.69, 9.17) is 4.74 Å². The molecule has 0 spiro atoms. The number of rotatable bonds is 3. The second-order valence-electron chi connectivity index (χ2n) is 6.39. The largest absolute Gasteiger partial charge is 0.372 e. The molecule has 0 aliphatic carbocycles. The monoisotopic (exact) mass is 361 g/mol. The molecule has 1 amide bonds. The molecule has 1 fully saturated rings. The van der Waals surface area contributed by atoms with Crippen LogP contribution in [-0.4, -0.2) is 41.1 Å². The van der Waals surface area contributed by atoms with Gasteiger partial charge in [-0.25, -0.2) is 4.98 Å². The van der Waals surface area contributed by atoms with Crippen LogP contribution in [0.5, 0.6) is 0 Å². The molecule has 1 aliphatic heterocycles. The summed E-state index contributed by atoms with van der Waals surface area (Å²) in [6.45, 7) is 7.26. The van der Waals surface area contributed by atoms with Crippen LogP contribution in [0.4, 0.5) is 11.5 Å². The number of amides is 1. The van der Waals surface area contributed by atoms with E-state index in [2.05, 4.69) is 17.2 Å². The van der Waals surface area contributed by atoms with Crippen molar-refractivity contribution >= 4 is 29.8 Å². The molecule has 2 aromatic rings. The lowest BCUT2D eigenvalue weighted by Crippen LogP contribution is -2.48. The van der Waals surface area contributed by atoms with Gasteiger partial charge in [-0.1, -0.05) is 17.7 Å². The maximum atomic E-state index is 12.6. The summed E-state index contributed by atoms with van der Waals surface area (Å²) in [6, 6.07) is 11.7. The predicted molar refractivity (Wildman–Crippen MR) is 102 cm³/mol. The molecule has 0 unspecified atom stereocenters. The van der Waals surface area contributed by atoms with Crippen LogP contribution < -0.4 is 5.32 Å². The number of pyridine rings is 1. The fraction of sp³-hybridized carbons (Fsp3) is 0.368. The second kappa shape index (κ2) is 8.32. The topological polar surface area (TPSA) is 54.5 Å². The molecule has 1 aromatic heterocycles. The summed E-state index contributed by atoms with van der Waals surface area (Å²) in [7, 11) is 0. The van der Waals surface area contributed by atoms with E-state index < -0.39 is 0 Å². The molecule has 25 heavy (non-hydrogen) atoms. The highest BCUT2D eigenvalue weighted by Crippen LogP contribution is 2.17. The first-order chi connectivity index (χ1) is 11.5. The molecule has 1 saturated heterocycles. The van der Waals surface area contributed by atoms with Crippen molar-refractivity contribution in [3.8, 4) is 0 Å². The van der Waals surface area contributed by atoms with E-state index in [9.17, 15) is 4.79 Å². The average molecular weight is 362 g/mol. The van der Waals surface area contributed by atoms with Gasteiger partial charge in [0.05, 0.1) is 17.8 Å². The highest BCUT2D eigenvalue weighted by atomic mass is 35.5. The molecule has 1 aromatic carbocycles. The summed E-state index contributed by atoms with van der Waals surface area (Å²) < 4.78 is 5.68. The summed E-state index contributed by atoms with van der Waals surface area (Å²) in [5, 5.41) is 3.23. The van der Waals surface area contributed by atoms with Gasteiger partial charge in [-0.2, -0.15) is 0 Å². The number of nitrogens with one attached hydrogen (secondary N) is 1. The lowest BCUT2D eigenvalue weighted by Gasteiger charge is -2.35. The van der Waals surface area contributed by atoms with Crippen molar-refractivity contribution < 1.29 is 9.53 Å². The number of aromatic nitrogens is 1. The average Bonchev–Trinajstić information content (AvgIpc) is 2.56. The molecule has 2 heterocycles. The van der Waals surface area contributed by atoms with Gasteiger partial charge in [-0.05, 0) is 45.0 Å². The molecule has 134 valence electrons. The van der Waals surface area contributed by atoms with Gasteiger partial charge in [-0.15, -0.1) is 12.4 Å². The minimum Gasteiger partial charge on any atom is -0.372 e. The zero-order chi connectivity index (χ0) is 17.1. The van der Waals surface area contributed by atoms with E-state index in [-0.39, 0.29) is 30.5 Å². The van der Waals surface area contributed by atoms with Crippen molar-refractivity contribution in [3.63, 3.8) is 0 Å². The number of benzene rings is 1. The molecule has 5 nitrogen and oxygen atoms in total. The second-order valence-corrected chi connectivity index (χ2v) is 6.39. The Hall–Kier alpha value is -2.11. The Bertz CT molecular complexity index is 694. The van der Waals surface area contributed by atoms with Crippen LogP contribution >= 0.6 is 12.4 Å². The molecule has 3 rings (SSSR count). The van der Waals surface area contributed by atoms with Crippen LogP contribution in [-0.2, 0) is 4.74 Å². The van der Waals surface area contributed by atoms with E-state index in [1.165, 1.54) is 5.56 Å². The number of ether oxygens (including phenoxy) is 1. The Morgan fingerprint density at radius 1 is 1.12 bits per heavy atom. The van der Waals surface area contributed by atoms with Gasteiger partial charge >= 0.3 is 0 Å². The van der Waals surface area contributed by atoms with Gasteiger partial charge in [0.15, 0.2) is 0 Å². The molecule has 0 radical (unpaired) electrons. The number of aryl methyl sites for hydroxylation is 1. The minimum absolute atomic E-state index is 0. The first-order valence-electron chi connectivity index (χ1n) is 8.26. The third kappa shape index (κ3) is 4.94. The molecule has 0 saturated carbocycles. The predicted octanol–water partition coefficient (Wildman–Crippen LogP) is 3.80. The molecule has 1 N–H and O–H groups in total. The molecule has 0 bridgehead atoms. The van der Waals surface area contributed by atoms with Crippen LogP contribution in [0.1, 0.15) is 29.8 Å². The summed E-state index contributed by atoms with van der Waals surface area (Å²) >= 11 is 0. The van der Waals surface area contributed by atoms with Crippen LogP contribution in [0.15, 0.2) is 42.6 Å². The Balaban J connectivity index is 0.00000225. The van der Waals surface area contributed by atoms with Gasteiger partial charge in [0.1, 0.15) is 5.82 Å². The Kier molecular flexibility index (Phi) is 6.39. The van der Waals surface area contributed by atoms with Gasteiger partial charge in [0.25, 0.3) is 5.91 Å². The van der Waals surface area contributed by atoms with Crippen molar-refractivity contribution in [1.29, 1.82) is 0 Å². The Morgan fingerprint density at radius 2 is 1.76 bits per heavy atom. The number of morpholine rings is 1. The number of hydrogen-bond donors (Lipinski definition) is 1. The van der Waals surface area contributed by atoms with Gasteiger partial charge in [0, 0.05) is 25.0 Å². The molecule has 1 aliphatic rings. The van der Waals surface area contributed by atoms with E-state index in [1.54, 1.807) is 6.20 Å². The molecular weight excluding hydrogens is 338 g/mol. The maximum Gasteiger partial charge on any atom is 0.255 e. The first kappa shape index (κ1) is 19.2. The minimum atomic E-state index is 0. The lowest BCUT2D eigenvalue weighted by atomic mass is 10.2. The van der Waals surface area contributed by atoms with E-state index >= 15 is 0 Å². The molecular formula is C19H24ClN3O2. The number of halogens is 1. The maximum absolute atomic E-state index is 12.6. The van der Waals surface area contributed by atoms with Crippen LogP contribution in [0.25, 0.3) is 0 Å². The smallest absolute Gasteiger partial charge is 0.255 e. The zero-order valence-electron chi connectivity index (χ0n) is 14.7. The summed E-state index contributed by atoms with van der Waals surface area (Å²) in [5.74, 6) is 0.727. The van der Waals surface area contributed by atoms with E-state index in [1.807, 2.05) is 55.1 Å². The number of nitrogens with zero attached hydrogens (tertiary/aromatic N) is 2. The number of hydrogen-bond acceptors (Lipinski definition) is 4. The van der Waals surface area contributed by atoms with Crippen LogP contribution in [0.3, 0.4) is 0 Å². The zero-order valence-corrected chi connectivity index (χ0v) is 15.5. The van der Waals surface area contributed by atoms with E-state index in [0.717, 1.165) is 11.5 Å². The van der Waals surface area contributed by atoms with Crippen molar-refractivity contribution in [2.75, 3.05) is 18.4 Å². The Labute approximate surface area is 154 Å². The molecule has 2 atom stereocenters. The highest BCUT2D eigenvalue weighted by molar-refractivity contribution is 5.94. The number of carbonyl (C=O) groups excluding carboxylic acids is 1. The molecule has 6 heteroatoms. The third-order valence-corrected chi connectivity index (χ3v) is 4.04. The fourth-order valence-electron chi connectivity index (χ4n) is 2.91. The van der Waals surface area contributed by atoms with Crippen LogP contribution in [0.2, 0.25) is 0 Å². The van der Waals surface area contributed by atoms with Crippen molar-refractivity contribution in [3.05, 3.63) is 53.7 Å². The first-order valence-corrected chi connectivity index (χ1v) is 8.26. The van der Waals surface area contributed by atoms with Gasteiger partial charge in [0.2, 0.25) is 0 Å². The lowest BCUT2D eigenvalue weighted by molar-refractivity contribution is -0.0586. The number of anilines is 2. The summed E-state index contributed by atoms with van der Waals surface area (Å²) in [5.41, 5.74) is 2.79. The van der Waals surface area contributed by atoms with Crippen molar-refractivity contribution in [2.45, 2.75) is 33.0 Å². The van der Waals surface area contributed by atoms with Gasteiger partial charge in [-0.3, -0.25) is 4.79 Å². The van der Waals surface area contributed by atoms with Crippen LogP contribution in [0, 0.1) is 6.92 Å². The summed E-state index contributed by atoms with van der Waals surface area (Å²) in [6.07, 6.45) is 1.75. The quantitative estimate of drug-likeness (QED) is 0.903. The van der Waals surface area contributed by atoms with Crippen molar-refractivity contribution in [1.82, 2.24) is 9.88 Å². The Morgan fingerprint density at radius 3 is 2.32 bits per heavy atom. The standard InChI is InChI=1S/C19H23N3O2.ClH/c1-13-4-7-17(8-5-13)21-18-9-6-16(10-20-18)19(23)22-11-14(2)24-15(3)12-22;/h4-10,14-15H,11-12H2,1-3H3,(H,20,21);1H/t14-,15+;. The van der Waals surface area contributed by atoms with Gasteiger partial charge < -0.3 is 15.0 Å². The normalized spacial score (nSPS) is 19.9. The van der Waals surface area contributed by atoms with Crippen molar-refractivity contribution in [2.24, 2.45) is 0 Å². The fourth-order valence-corrected chi connectivity index (χ4v) is 2.91. The van der Waals surface area contributed by atoms with E-state index in [0.29, 0.717) is 18.7 Å². The third-order valence-electron chi connectivity index (χ3n) is 4.04. The SMILES string of the molecule is Cc1ccc(Nc2ccc(C(=O)N3C[C@@H](C)O[C@@H](C)C3)cn2)cc1.Cl. The highest BCUT2D eigenvalue weighted by Gasteiger charge is 2.26. The summed E-state index contributed by atoms with van der Waals surface area (Å²) in [4.78, 5) is 18.8. The number of carbonyl (C=O) groups is 1.